The molecule has 4 heteroatoms. The maximum Gasteiger partial charge on any atom is 0.335 e. The number of carboxylic acids is 1. The summed E-state index contributed by atoms with van der Waals surface area (Å²) >= 11 is 0. The lowest BCUT2D eigenvalue weighted by molar-refractivity contribution is 0.0696. The molecule has 0 aromatic heterocycles. The number of carbonyl (C=O) groups is 1. The van der Waals surface area contributed by atoms with Crippen molar-refractivity contribution in [3.63, 3.8) is 0 Å². The maximum atomic E-state index is 11.8. The predicted molar refractivity (Wildman–Crippen MR) is 148 cm³/mol. The molecule has 2 atom stereocenters. The molecule has 186 valence electrons. The number of hydrogen-bond acceptors (Lipinski definition) is 3. The number of hydrogen-bond donors (Lipinski definition) is 2. The fourth-order valence-corrected chi connectivity index (χ4v) is 4.86. The van der Waals surface area contributed by atoms with Crippen molar-refractivity contribution in [1.82, 2.24) is 5.32 Å². The molecule has 4 aromatic carbocycles. The normalized spacial score (nSPS) is 12.9. The Morgan fingerprint density at radius 2 is 1.78 bits per heavy atom. The Labute approximate surface area is 213 Å². The number of carboxylic acid groups (broad SMARTS) is 1. The molecule has 2 N–H and O–H groups in total. The molecule has 0 saturated heterocycles. The molecule has 4 nitrogen and oxygen atoms in total. The summed E-state index contributed by atoms with van der Waals surface area (Å²) in [7, 11) is 1.69. The molecule has 0 saturated carbocycles. The number of rotatable bonds is 10. The van der Waals surface area contributed by atoms with Crippen molar-refractivity contribution in [2.24, 2.45) is 0 Å². The summed E-state index contributed by atoms with van der Waals surface area (Å²) in [5, 5.41) is 15.9. The first-order chi connectivity index (χ1) is 17.4. The highest BCUT2D eigenvalue weighted by atomic mass is 16.5. The topological polar surface area (TPSA) is 58.6 Å². The van der Waals surface area contributed by atoms with Crippen molar-refractivity contribution in [2.45, 2.75) is 52.1 Å². The standard InChI is InChI=1S/C32H35NO3/c1-5-6-14-31(33-22(3)23-11-9-12-27(18-23)36-4)26-17-24-10-7-8-13-28(24)30(20-26)25-16-15-21(2)29(19-25)32(34)35/h7-13,15-20,22,31,33H,5-6,14H2,1-4H3,(H,34,35)/t22-,31?/m1/s1. The zero-order valence-corrected chi connectivity index (χ0v) is 21.5. The number of fused-ring (bicyclic) bond motifs is 1. The van der Waals surface area contributed by atoms with Crippen LogP contribution in [-0.4, -0.2) is 18.2 Å². The van der Waals surface area contributed by atoms with E-state index in [-0.39, 0.29) is 12.1 Å². The number of benzene rings is 4. The first-order valence-electron chi connectivity index (χ1n) is 12.7. The van der Waals surface area contributed by atoms with Crippen LogP contribution in [0.25, 0.3) is 21.9 Å². The summed E-state index contributed by atoms with van der Waals surface area (Å²) < 4.78 is 5.44. The van der Waals surface area contributed by atoms with E-state index in [1.165, 1.54) is 11.1 Å². The van der Waals surface area contributed by atoms with Crippen LogP contribution in [0.2, 0.25) is 0 Å². The van der Waals surface area contributed by atoms with Crippen LogP contribution in [0.4, 0.5) is 0 Å². The van der Waals surface area contributed by atoms with Crippen LogP contribution in [0.15, 0.2) is 78.9 Å². The average molecular weight is 482 g/mol. The maximum absolute atomic E-state index is 11.8. The van der Waals surface area contributed by atoms with Gasteiger partial charge in [-0.1, -0.05) is 68.3 Å². The summed E-state index contributed by atoms with van der Waals surface area (Å²) in [5.41, 5.74) is 5.48. The first-order valence-corrected chi connectivity index (χ1v) is 12.7. The summed E-state index contributed by atoms with van der Waals surface area (Å²) in [6, 6.07) is 27.1. The molecule has 0 aliphatic heterocycles. The molecule has 4 aromatic rings. The van der Waals surface area contributed by atoms with E-state index in [1.54, 1.807) is 13.2 Å². The smallest absolute Gasteiger partial charge is 0.335 e. The third-order valence-corrected chi connectivity index (χ3v) is 6.96. The van der Waals surface area contributed by atoms with Crippen molar-refractivity contribution in [2.75, 3.05) is 7.11 Å². The Hall–Kier alpha value is -3.63. The van der Waals surface area contributed by atoms with Gasteiger partial charge in [-0.05, 0) is 89.2 Å². The van der Waals surface area contributed by atoms with Crippen LogP contribution in [0.5, 0.6) is 5.75 Å². The molecular weight excluding hydrogens is 446 g/mol. The van der Waals surface area contributed by atoms with Crippen molar-refractivity contribution >= 4 is 16.7 Å². The summed E-state index contributed by atoms with van der Waals surface area (Å²) in [6.07, 6.45) is 3.24. The third kappa shape index (κ3) is 5.60. The van der Waals surface area contributed by atoms with Crippen LogP contribution in [0, 0.1) is 6.92 Å². The van der Waals surface area contributed by atoms with Crippen LogP contribution >= 0.6 is 0 Å². The molecular formula is C32H35NO3. The van der Waals surface area contributed by atoms with Crippen LogP contribution < -0.4 is 10.1 Å². The predicted octanol–water partition coefficient (Wildman–Crippen LogP) is 8.10. The summed E-state index contributed by atoms with van der Waals surface area (Å²) in [4.78, 5) is 11.8. The van der Waals surface area contributed by atoms with E-state index in [9.17, 15) is 9.90 Å². The molecule has 4 rings (SSSR count). The first kappa shape index (κ1) is 25.5. The third-order valence-electron chi connectivity index (χ3n) is 6.96. The molecule has 0 aliphatic carbocycles. The molecule has 36 heavy (non-hydrogen) atoms. The minimum Gasteiger partial charge on any atom is -0.497 e. The molecule has 0 bridgehead atoms. The highest BCUT2D eigenvalue weighted by molar-refractivity contribution is 5.99. The number of ether oxygens (including phenoxy) is 1. The number of methoxy groups -OCH3 is 1. The van der Waals surface area contributed by atoms with Gasteiger partial charge in [0.25, 0.3) is 0 Å². The van der Waals surface area contributed by atoms with Crippen molar-refractivity contribution in [3.05, 3.63) is 101 Å². The van der Waals surface area contributed by atoms with Gasteiger partial charge >= 0.3 is 5.97 Å². The molecule has 1 unspecified atom stereocenters. The Balaban J connectivity index is 1.79. The molecule has 0 aliphatic rings. The van der Waals surface area contributed by atoms with Gasteiger partial charge in [-0.3, -0.25) is 0 Å². The highest BCUT2D eigenvalue weighted by Gasteiger charge is 2.19. The van der Waals surface area contributed by atoms with E-state index in [2.05, 4.69) is 61.6 Å². The lowest BCUT2D eigenvalue weighted by Gasteiger charge is -2.26. The zero-order valence-electron chi connectivity index (χ0n) is 21.5. The SMILES string of the molecule is CCCCC(N[C@H](C)c1cccc(OC)c1)c1cc(-c2ccc(C)c(C(=O)O)c2)c2ccccc2c1. The minimum absolute atomic E-state index is 0.134. The minimum atomic E-state index is -0.899. The van der Waals surface area contributed by atoms with E-state index in [1.807, 2.05) is 37.3 Å². The molecule has 0 radical (unpaired) electrons. The van der Waals surface area contributed by atoms with Gasteiger partial charge in [0, 0.05) is 12.1 Å². The van der Waals surface area contributed by atoms with Crippen LogP contribution in [0.3, 0.4) is 0 Å². The lowest BCUT2D eigenvalue weighted by atomic mass is 9.90. The quantitative estimate of drug-likeness (QED) is 0.240. The number of aryl methyl sites for hydroxylation is 1. The molecule has 0 fully saturated rings. The lowest BCUT2D eigenvalue weighted by Crippen LogP contribution is -2.25. The molecule has 0 heterocycles. The van der Waals surface area contributed by atoms with Gasteiger partial charge in [-0.15, -0.1) is 0 Å². The van der Waals surface area contributed by atoms with Gasteiger partial charge in [0.05, 0.1) is 12.7 Å². The van der Waals surface area contributed by atoms with Crippen molar-refractivity contribution in [3.8, 4) is 16.9 Å². The zero-order chi connectivity index (χ0) is 25.7. The summed E-state index contributed by atoms with van der Waals surface area (Å²) in [5.74, 6) is -0.0442. The van der Waals surface area contributed by atoms with E-state index in [0.717, 1.165) is 52.5 Å². The number of nitrogens with one attached hydrogen (secondary N) is 1. The highest BCUT2D eigenvalue weighted by Crippen LogP contribution is 2.35. The summed E-state index contributed by atoms with van der Waals surface area (Å²) in [6.45, 7) is 6.25. The second-order valence-corrected chi connectivity index (χ2v) is 9.48. The van der Waals surface area contributed by atoms with Gasteiger partial charge in [-0.25, -0.2) is 4.79 Å². The average Bonchev–Trinajstić information content (AvgIpc) is 2.90. The van der Waals surface area contributed by atoms with Crippen molar-refractivity contribution in [1.29, 1.82) is 0 Å². The fourth-order valence-electron chi connectivity index (χ4n) is 4.86. The van der Waals surface area contributed by atoms with Gasteiger partial charge in [0.1, 0.15) is 5.75 Å². The Kier molecular flexibility index (Phi) is 8.07. The largest absolute Gasteiger partial charge is 0.497 e. The van der Waals surface area contributed by atoms with E-state index in [4.69, 9.17) is 4.74 Å². The van der Waals surface area contributed by atoms with E-state index < -0.39 is 5.97 Å². The Bertz CT molecular complexity index is 1360. The number of unbranched alkanes of at least 4 members (excludes halogenated alkanes) is 1. The van der Waals surface area contributed by atoms with Crippen LogP contribution in [-0.2, 0) is 0 Å². The number of aromatic carboxylic acids is 1. The Morgan fingerprint density at radius 1 is 0.972 bits per heavy atom. The van der Waals surface area contributed by atoms with E-state index >= 15 is 0 Å². The Morgan fingerprint density at radius 3 is 2.53 bits per heavy atom. The molecule has 0 spiro atoms. The van der Waals surface area contributed by atoms with Gasteiger partial charge in [0.2, 0.25) is 0 Å². The van der Waals surface area contributed by atoms with Gasteiger partial charge < -0.3 is 15.2 Å². The molecule has 0 amide bonds. The van der Waals surface area contributed by atoms with Crippen LogP contribution in [0.1, 0.15) is 72.2 Å². The second kappa shape index (κ2) is 11.4. The van der Waals surface area contributed by atoms with E-state index in [0.29, 0.717) is 5.56 Å². The van der Waals surface area contributed by atoms with Gasteiger partial charge in [0.15, 0.2) is 0 Å². The monoisotopic (exact) mass is 481 g/mol. The van der Waals surface area contributed by atoms with Gasteiger partial charge in [-0.2, -0.15) is 0 Å². The fraction of sp³-hybridized carbons (Fsp3) is 0.281. The van der Waals surface area contributed by atoms with Crippen molar-refractivity contribution < 1.29 is 14.6 Å². The second-order valence-electron chi connectivity index (χ2n) is 9.48.